The largest absolute Gasteiger partial charge is 0.362 e. The van der Waals surface area contributed by atoms with Crippen molar-refractivity contribution >= 4 is 22.8 Å². The predicted octanol–water partition coefficient (Wildman–Crippen LogP) is 1.81. The van der Waals surface area contributed by atoms with E-state index in [9.17, 15) is 0 Å². The molecule has 0 aliphatic rings. The van der Waals surface area contributed by atoms with Gasteiger partial charge in [-0.2, -0.15) is 0 Å². The molecule has 0 atom stereocenters. The van der Waals surface area contributed by atoms with E-state index >= 15 is 0 Å². The van der Waals surface area contributed by atoms with Crippen LogP contribution in [0, 0.1) is 13.8 Å². The summed E-state index contributed by atoms with van der Waals surface area (Å²) in [6.45, 7) is 4.61. The molecule has 92 valence electrons. The highest BCUT2D eigenvalue weighted by Crippen LogP contribution is 2.16. The van der Waals surface area contributed by atoms with E-state index in [0.717, 1.165) is 22.3 Å². The molecule has 3 heterocycles. The number of fused-ring (bicyclic) bond motifs is 1. The summed E-state index contributed by atoms with van der Waals surface area (Å²) in [5, 5.41) is 12.5. The number of hydrogen-bond acceptors (Lipinski definition) is 6. The smallest absolute Gasteiger partial charge is 0.203 e. The van der Waals surface area contributed by atoms with Gasteiger partial charge in [0.05, 0.1) is 11.6 Å². The topological polar surface area (TPSA) is 68.0 Å². The van der Waals surface area contributed by atoms with Gasteiger partial charge in [-0.3, -0.25) is 4.40 Å². The van der Waals surface area contributed by atoms with Gasteiger partial charge in [-0.05, 0) is 13.8 Å². The molecule has 7 heteroatoms. The normalized spacial score (nSPS) is 11.0. The summed E-state index contributed by atoms with van der Waals surface area (Å²) in [7, 11) is 0. The van der Waals surface area contributed by atoms with Gasteiger partial charge in [0, 0.05) is 23.5 Å². The number of rotatable bonds is 3. The van der Waals surface area contributed by atoms with Gasteiger partial charge in [0.25, 0.3) is 0 Å². The fourth-order valence-electron chi connectivity index (χ4n) is 1.72. The van der Waals surface area contributed by atoms with Crippen LogP contribution in [0.3, 0.4) is 0 Å². The molecule has 0 radical (unpaired) electrons. The Morgan fingerprint density at radius 1 is 1.28 bits per heavy atom. The zero-order valence-corrected chi connectivity index (χ0v) is 10.9. The van der Waals surface area contributed by atoms with Crippen LogP contribution in [0.15, 0.2) is 18.6 Å². The van der Waals surface area contributed by atoms with Gasteiger partial charge in [0.15, 0.2) is 5.82 Å². The van der Waals surface area contributed by atoms with Crippen LogP contribution in [0.25, 0.3) is 5.65 Å². The molecular formula is C11H12N6S. The molecule has 0 amide bonds. The zero-order valence-electron chi connectivity index (χ0n) is 10.1. The van der Waals surface area contributed by atoms with Gasteiger partial charge in [-0.1, -0.05) is 0 Å². The summed E-state index contributed by atoms with van der Waals surface area (Å²) in [6, 6.07) is 0. The minimum absolute atomic E-state index is 0.698. The molecule has 1 N–H and O–H groups in total. The van der Waals surface area contributed by atoms with Crippen LogP contribution in [0.4, 0.5) is 5.82 Å². The van der Waals surface area contributed by atoms with Crippen molar-refractivity contribution < 1.29 is 0 Å². The average Bonchev–Trinajstić information content (AvgIpc) is 2.94. The Morgan fingerprint density at radius 3 is 2.94 bits per heavy atom. The van der Waals surface area contributed by atoms with Gasteiger partial charge >= 0.3 is 0 Å². The van der Waals surface area contributed by atoms with Crippen LogP contribution in [-0.4, -0.2) is 24.6 Å². The Balaban J connectivity index is 1.86. The van der Waals surface area contributed by atoms with E-state index in [1.807, 2.05) is 30.6 Å². The molecule has 0 spiro atoms. The Bertz CT molecular complexity index is 686. The third-order valence-electron chi connectivity index (χ3n) is 2.60. The SMILES string of the molecule is Cc1ncc(CNc2nccn3c(C)nnc23)s1. The lowest BCUT2D eigenvalue weighted by Gasteiger charge is -2.04. The maximum atomic E-state index is 4.29. The standard InChI is InChI=1S/C11H12N6S/c1-7-15-16-11-10(12-3-4-17(7)11)14-6-9-5-13-8(2)18-9/h3-5H,6H2,1-2H3,(H,12,14). The summed E-state index contributed by atoms with van der Waals surface area (Å²) < 4.78 is 1.91. The van der Waals surface area contributed by atoms with Crippen LogP contribution in [0.5, 0.6) is 0 Å². The lowest BCUT2D eigenvalue weighted by atomic mass is 10.5. The number of nitrogens with one attached hydrogen (secondary N) is 1. The van der Waals surface area contributed by atoms with Crippen LogP contribution >= 0.6 is 11.3 Å². The number of thiazole rings is 1. The lowest BCUT2D eigenvalue weighted by Crippen LogP contribution is -2.02. The fourth-order valence-corrected chi connectivity index (χ4v) is 2.46. The van der Waals surface area contributed by atoms with E-state index in [0.29, 0.717) is 6.54 Å². The van der Waals surface area contributed by atoms with Gasteiger partial charge in [0.1, 0.15) is 5.82 Å². The summed E-state index contributed by atoms with van der Waals surface area (Å²) in [5.41, 5.74) is 0.747. The maximum absolute atomic E-state index is 4.29. The highest BCUT2D eigenvalue weighted by atomic mass is 32.1. The molecule has 0 fully saturated rings. The van der Waals surface area contributed by atoms with Crippen molar-refractivity contribution in [1.29, 1.82) is 0 Å². The minimum atomic E-state index is 0.698. The van der Waals surface area contributed by atoms with Crippen molar-refractivity contribution in [2.24, 2.45) is 0 Å². The van der Waals surface area contributed by atoms with Crippen molar-refractivity contribution in [2.75, 3.05) is 5.32 Å². The summed E-state index contributed by atoms with van der Waals surface area (Å²) in [6.07, 6.45) is 5.47. The second kappa shape index (κ2) is 4.34. The number of aromatic nitrogens is 5. The monoisotopic (exact) mass is 260 g/mol. The van der Waals surface area contributed by atoms with Crippen LogP contribution in [-0.2, 0) is 6.54 Å². The van der Waals surface area contributed by atoms with E-state index in [4.69, 9.17) is 0 Å². The summed E-state index contributed by atoms with van der Waals surface area (Å²) in [4.78, 5) is 9.69. The van der Waals surface area contributed by atoms with E-state index in [-0.39, 0.29) is 0 Å². The molecule has 18 heavy (non-hydrogen) atoms. The van der Waals surface area contributed by atoms with Crippen molar-refractivity contribution in [3.8, 4) is 0 Å². The molecule has 0 saturated heterocycles. The lowest BCUT2D eigenvalue weighted by molar-refractivity contribution is 1.00. The van der Waals surface area contributed by atoms with E-state index < -0.39 is 0 Å². The molecule has 0 unspecified atom stereocenters. The first-order chi connectivity index (χ1) is 8.74. The molecule has 0 aromatic carbocycles. The maximum Gasteiger partial charge on any atom is 0.203 e. The second-order valence-corrected chi connectivity index (χ2v) is 5.24. The Morgan fingerprint density at radius 2 is 2.17 bits per heavy atom. The molecule has 3 aromatic rings. The molecule has 0 aliphatic carbocycles. The van der Waals surface area contributed by atoms with Gasteiger partial charge in [0.2, 0.25) is 5.65 Å². The number of nitrogens with zero attached hydrogens (tertiary/aromatic N) is 5. The van der Waals surface area contributed by atoms with Crippen LogP contribution in [0.1, 0.15) is 15.7 Å². The van der Waals surface area contributed by atoms with E-state index in [1.54, 1.807) is 17.5 Å². The minimum Gasteiger partial charge on any atom is -0.362 e. The molecule has 6 nitrogen and oxygen atoms in total. The van der Waals surface area contributed by atoms with Crippen molar-refractivity contribution in [3.05, 3.63) is 34.3 Å². The number of hydrogen-bond donors (Lipinski definition) is 1. The highest BCUT2D eigenvalue weighted by molar-refractivity contribution is 7.11. The van der Waals surface area contributed by atoms with E-state index in [2.05, 4.69) is 25.5 Å². The van der Waals surface area contributed by atoms with Crippen LogP contribution in [0.2, 0.25) is 0 Å². The van der Waals surface area contributed by atoms with Crippen LogP contribution < -0.4 is 5.32 Å². The van der Waals surface area contributed by atoms with Crippen molar-refractivity contribution in [2.45, 2.75) is 20.4 Å². The third-order valence-corrected chi connectivity index (χ3v) is 3.51. The summed E-state index contributed by atoms with van der Waals surface area (Å²) >= 11 is 1.67. The Hall–Kier alpha value is -2.02. The zero-order chi connectivity index (χ0) is 12.5. The van der Waals surface area contributed by atoms with Gasteiger partial charge in [-0.15, -0.1) is 21.5 Å². The summed E-state index contributed by atoms with van der Waals surface area (Å²) in [5.74, 6) is 1.59. The quantitative estimate of drug-likeness (QED) is 0.778. The first-order valence-electron chi connectivity index (χ1n) is 5.55. The number of aryl methyl sites for hydroxylation is 2. The molecule has 0 bridgehead atoms. The van der Waals surface area contributed by atoms with Gasteiger partial charge in [-0.25, -0.2) is 9.97 Å². The Labute approximate surface area is 108 Å². The van der Waals surface area contributed by atoms with Crippen molar-refractivity contribution in [3.63, 3.8) is 0 Å². The van der Waals surface area contributed by atoms with Gasteiger partial charge < -0.3 is 5.32 Å². The highest BCUT2D eigenvalue weighted by Gasteiger charge is 2.07. The second-order valence-electron chi connectivity index (χ2n) is 3.92. The molecule has 0 saturated carbocycles. The van der Waals surface area contributed by atoms with Crippen molar-refractivity contribution in [1.82, 2.24) is 24.6 Å². The first kappa shape index (κ1) is 11.1. The predicted molar refractivity (Wildman–Crippen MR) is 69.7 cm³/mol. The number of anilines is 1. The molecule has 3 aromatic heterocycles. The van der Waals surface area contributed by atoms with E-state index in [1.165, 1.54) is 4.88 Å². The molecular weight excluding hydrogens is 248 g/mol. The first-order valence-corrected chi connectivity index (χ1v) is 6.37. The molecule has 0 aliphatic heterocycles. The third kappa shape index (κ3) is 1.92. The Kier molecular flexibility index (Phi) is 2.67. The average molecular weight is 260 g/mol. The molecule has 3 rings (SSSR count). The fraction of sp³-hybridized carbons (Fsp3) is 0.273.